The first kappa shape index (κ1) is 13.3. The fourth-order valence-electron chi connectivity index (χ4n) is 1.80. The van der Waals surface area contributed by atoms with Gasteiger partial charge in [-0.25, -0.2) is 4.98 Å². The SMILES string of the molecule is CN1CCN(c2nc(C(C)(C)C(=O)O)cs2)CC1. The van der Waals surface area contributed by atoms with E-state index in [0.29, 0.717) is 5.69 Å². The first-order valence-corrected chi connectivity index (χ1v) is 6.92. The molecule has 1 N–H and O–H groups in total. The Morgan fingerprint density at radius 1 is 1.39 bits per heavy atom. The summed E-state index contributed by atoms with van der Waals surface area (Å²) in [6.07, 6.45) is 0. The van der Waals surface area contributed by atoms with Crippen molar-refractivity contribution >= 4 is 22.4 Å². The van der Waals surface area contributed by atoms with Gasteiger partial charge in [0, 0.05) is 31.6 Å². The van der Waals surface area contributed by atoms with Gasteiger partial charge in [-0.2, -0.15) is 0 Å². The zero-order valence-corrected chi connectivity index (χ0v) is 11.8. The maximum atomic E-state index is 11.2. The van der Waals surface area contributed by atoms with Crippen molar-refractivity contribution in [2.75, 3.05) is 38.1 Å². The average Bonchev–Trinajstić information content (AvgIpc) is 2.79. The first-order chi connectivity index (χ1) is 8.41. The van der Waals surface area contributed by atoms with Crippen LogP contribution in [0.3, 0.4) is 0 Å². The molecule has 18 heavy (non-hydrogen) atoms. The summed E-state index contributed by atoms with van der Waals surface area (Å²) in [4.78, 5) is 20.2. The van der Waals surface area contributed by atoms with Gasteiger partial charge in [-0.1, -0.05) is 0 Å². The molecule has 0 radical (unpaired) electrons. The molecule has 1 aromatic rings. The quantitative estimate of drug-likeness (QED) is 0.895. The summed E-state index contributed by atoms with van der Waals surface area (Å²) in [7, 11) is 2.11. The molecule has 6 heteroatoms. The van der Waals surface area contributed by atoms with Gasteiger partial charge < -0.3 is 14.9 Å². The molecule has 0 aliphatic carbocycles. The van der Waals surface area contributed by atoms with E-state index in [-0.39, 0.29) is 0 Å². The fraction of sp³-hybridized carbons (Fsp3) is 0.667. The monoisotopic (exact) mass is 269 g/mol. The average molecular weight is 269 g/mol. The van der Waals surface area contributed by atoms with Gasteiger partial charge in [0.15, 0.2) is 5.13 Å². The van der Waals surface area contributed by atoms with Crippen molar-refractivity contribution in [2.45, 2.75) is 19.3 Å². The van der Waals surface area contributed by atoms with E-state index in [1.165, 1.54) is 11.3 Å². The van der Waals surface area contributed by atoms with Crippen molar-refractivity contribution in [2.24, 2.45) is 0 Å². The van der Waals surface area contributed by atoms with E-state index in [2.05, 4.69) is 21.8 Å². The van der Waals surface area contributed by atoms with E-state index >= 15 is 0 Å². The zero-order valence-electron chi connectivity index (χ0n) is 11.0. The van der Waals surface area contributed by atoms with E-state index in [1.54, 1.807) is 13.8 Å². The molecule has 0 aromatic carbocycles. The standard InChI is InChI=1S/C12H19N3O2S/c1-12(2,10(16)17)9-8-18-11(13-9)15-6-4-14(3)5-7-15/h8H,4-7H2,1-3H3,(H,16,17). The molecule has 1 fully saturated rings. The summed E-state index contributed by atoms with van der Waals surface area (Å²) in [6, 6.07) is 0. The van der Waals surface area contributed by atoms with Crippen LogP contribution in [0.2, 0.25) is 0 Å². The van der Waals surface area contributed by atoms with E-state index in [0.717, 1.165) is 31.3 Å². The van der Waals surface area contributed by atoms with Crippen LogP contribution in [0.1, 0.15) is 19.5 Å². The Hall–Kier alpha value is -1.14. The zero-order chi connectivity index (χ0) is 13.3. The molecule has 2 rings (SSSR count). The molecule has 1 aliphatic heterocycles. The number of carboxylic acids is 1. The third kappa shape index (κ3) is 2.49. The van der Waals surface area contributed by atoms with Crippen molar-refractivity contribution in [3.05, 3.63) is 11.1 Å². The maximum Gasteiger partial charge on any atom is 0.315 e. The number of thiazole rings is 1. The first-order valence-electron chi connectivity index (χ1n) is 6.04. The van der Waals surface area contributed by atoms with E-state index in [9.17, 15) is 9.90 Å². The lowest BCUT2D eigenvalue weighted by Crippen LogP contribution is -2.44. The molecule has 1 aromatic heterocycles. The molecule has 1 aliphatic rings. The second-order valence-corrected chi connectivity index (χ2v) is 6.07. The predicted molar refractivity (Wildman–Crippen MR) is 72.5 cm³/mol. The van der Waals surface area contributed by atoms with Crippen molar-refractivity contribution in [3.63, 3.8) is 0 Å². The van der Waals surface area contributed by atoms with Crippen LogP contribution in [0.4, 0.5) is 5.13 Å². The van der Waals surface area contributed by atoms with Gasteiger partial charge in [0.2, 0.25) is 0 Å². The lowest BCUT2D eigenvalue weighted by molar-refractivity contribution is -0.142. The summed E-state index contributed by atoms with van der Waals surface area (Å²) < 4.78 is 0. The molecule has 0 bridgehead atoms. The highest BCUT2D eigenvalue weighted by Crippen LogP contribution is 2.29. The number of aliphatic carboxylic acids is 1. The Morgan fingerprint density at radius 2 is 2.00 bits per heavy atom. The maximum absolute atomic E-state index is 11.2. The van der Waals surface area contributed by atoms with Crippen LogP contribution in [0.15, 0.2) is 5.38 Å². The number of hydrogen-bond acceptors (Lipinski definition) is 5. The summed E-state index contributed by atoms with van der Waals surface area (Å²) >= 11 is 1.53. The second-order valence-electron chi connectivity index (χ2n) is 5.24. The van der Waals surface area contributed by atoms with Crippen molar-refractivity contribution in [3.8, 4) is 0 Å². The lowest BCUT2D eigenvalue weighted by atomic mass is 9.90. The molecular formula is C12H19N3O2S. The third-order valence-corrected chi connectivity index (χ3v) is 4.34. The fourth-order valence-corrected chi connectivity index (χ4v) is 2.85. The van der Waals surface area contributed by atoms with Crippen LogP contribution < -0.4 is 4.90 Å². The minimum absolute atomic E-state index is 0.647. The Labute approximate surface area is 111 Å². The number of anilines is 1. The van der Waals surface area contributed by atoms with Crippen LogP contribution in [-0.2, 0) is 10.2 Å². The summed E-state index contributed by atoms with van der Waals surface area (Å²) in [5.41, 5.74) is -0.268. The molecular weight excluding hydrogens is 250 g/mol. The molecule has 100 valence electrons. The van der Waals surface area contributed by atoms with Crippen LogP contribution in [0, 0.1) is 0 Å². The van der Waals surface area contributed by atoms with E-state index < -0.39 is 11.4 Å². The summed E-state index contributed by atoms with van der Waals surface area (Å²) in [6.45, 7) is 7.35. The number of piperazine rings is 1. The third-order valence-electron chi connectivity index (χ3n) is 3.44. The number of nitrogens with zero attached hydrogens (tertiary/aromatic N) is 3. The molecule has 0 saturated carbocycles. The normalized spacial score (nSPS) is 18.1. The predicted octanol–water partition coefficient (Wildman–Crippen LogP) is 1.26. The molecule has 0 atom stereocenters. The highest BCUT2D eigenvalue weighted by atomic mass is 32.1. The number of likely N-dealkylation sites (N-methyl/N-ethyl adjacent to an activating group) is 1. The van der Waals surface area contributed by atoms with Crippen LogP contribution in [-0.4, -0.2) is 54.2 Å². The van der Waals surface area contributed by atoms with Gasteiger partial charge in [-0.05, 0) is 20.9 Å². The summed E-state index contributed by atoms with van der Waals surface area (Å²) in [5.74, 6) is -0.835. The second kappa shape index (κ2) is 4.85. The number of carbonyl (C=O) groups is 1. The van der Waals surface area contributed by atoms with Gasteiger partial charge >= 0.3 is 5.97 Å². The number of aromatic nitrogens is 1. The largest absolute Gasteiger partial charge is 0.481 e. The Kier molecular flexibility index (Phi) is 3.59. The minimum Gasteiger partial charge on any atom is -0.481 e. The highest BCUT2D eigenvalue weighted by Gasteiger charge is 2.32. The van der Waals surface area contributed by atoms with Crippen LogP contribution in [0.5, 0.6) is 0 Å². The van der Waals surface area contributed by atoms with Crippen molar-refractivity contribution in [1.29, 1.82) is 0 Å². The highest BCUT2D eigenvalue weighted by molar-refractivity contribution is 7.13. The molecule has 1 saturated heterocycles. The van der Waals surface area contributed by atoms with Gasteiger partial charge in [0.1, 0.15) is 5.41 Å². The Bertz CT molecular complexity index is 436. The van der Waals surface area contributed by atoms with Gasteiger partial charge in [0.05, 0.1) is 5.69 Å². The molecule has 2 heterocycles. The van der Waals surface area contributed by atoms with Gasteiger partial charge in [0.25, 0.3) is 0 Å². The van der Waals surface area contributed by atoms with Crippen LogP contribution in [0.25, 0.3) is 0 Å². The molecule has 5 nitrogen and oxygen atoms in total. The van der Waals surface area contributed by atoms with Crippen LogP contribution >= 0.6 is 11.3 Å². The molecule has 0 amide bonds. The molecule has 0 spiro atoms. The Balaban J connectivity index is 2.13. The number of rotatable bonds is 3. The topological polar surface area (TPSA) is 56.7 Å². The van der Waals surface area contributed by atoms with Gasteiger partial charge in [-0.3, -0.25) is 4.79 Å². The van der Waals surface area contributed by atoms with Crippen molar-refractivity contribution < 1.29 is 9.90 Å². The number of hydrogen-bond donors (Lipinski definition) is 1. The minimum atomic E-state index is -0.915. The summed E-state index contributed by atoms with van der Waals surface area (Å²) in [5, 5.41) is 12.0. The number of carboxylic acid groups (broad SMARTS) is 1. The smallest absolute Gasteiger partial charge is 0.315 e. The lowest BCUT2D eigenvalue weighted by Gasteiger charge is -2.32. The van der Waals surface area contributed by atoms with Crippen molar-refractivity contribution in [1.82, 2.24) is 9.88 Å². The van der Waals surface area contributed by atoms with E-state index in [4.69, 9.17) is 0 Å². The van der Waals surface area contributed by atoms with Gasteiger partial charge in [-0.15, -0.1) is 11.3 Å². The van der Waals surface area contributed by atoms with E-state index in [1.807, 2.05) is 5.38 Å². The molecule has 0 unspecified atom stereocenters. The Morgan fingerprint density at radius 3 is 2.56 bits per heavy atom.